The van der Waals surface area contributed by atoms with E-state index >= 15 is 0 Å². The van der Waals surface area contributed by atoms with Gasteiger partial charge in [-0.25, -0.2) is 14.8 Å². The van der Waals surface area contributed by atoms with E-state index in [1.165, 1.54) is 11.8 Å². The molecule has 2 aromatic rings. The van der Waals surface area contributed by atoms with Gasteiger partial charge in [-0.1, -0.05) is 26.0 Å². The van der Waals surface area contributed by atoms with E-state index in [0.29, 0.717) is 16.0 Å². The number of nitrogens with zero attached hydrogens (tertiary/aromatic N) is 2. The van der Waals surface area contributed by atoms with Crippen LogP contribution in [0.2, 0.25) is 0 Å². The Balaban J connectivity index is 2.38. The van der Waals surface area contributed by atoms with Gasteiger partial charge < -0.3 is 5.11 Å². The van der Waals surface area contributed by atoms with Gasteiger partial charge in [-0.15, -0.1) is 0 Å². The number of aromatic nitrogens is 2. The number of carbonyl (C=O) groups is 1. The lowest BCUT2D eigenvalue weighted by molar-refractivity contribution is 0.0693. The Morgan fingerprint density at radius 2 is 1.95 bits per heavy atom. The summed E-state index contributed by atoms with van der Waals surface area (Å²) in [7, 11) is 0. The minimum Gasteiger partial charge on any atom is -0.478 e. The van der Waals surface area contributed by atoms with Crippen molar-refractivity contribution in [2.45, 2.75) is 36.7 Å². The lowest BCUT2D eigenvalue weighted by atomic mass is 10.1. The summed E-state index contributed by atoms with van der Waals surface area (Å²) in [4.78, 5) is 20.7. The zero-order chi connectivity index (χ0) is 14.7. The number of carboxylic acids is 1. The van der Waals surface area contributed by atoms with Crippen LogP contribution in [0.25, 0.3) is 0 Å². The molecule has 104 valence electrons. The maximum atomic E-state index is 11.2. The summed E-state index contributed by atoms with van der Waals surface area (Å²) in [5.41, 5.74) is 2.13. The third kappa shape index (κ3) is 3.36. The van der Waals surface area contributed by atoms with Gasteiger partial charge in [-0.3, -0.25) is 0 Å². The molecule has 1 aromatic carbocycles. The molecule has 0 radical (unpaired) electrons. The summed E-state index contributed by atoms with van der Waals surface area (Å²) in [5.74, 6) is -0.629. The predicted octanol–water partition coefficient (Wildman–Crippen LogP) is 3.76. The van der Waals surface area contributed by atoms with Crippen molar-refractivity contribution in [1.29, 1.82) is 0 Å². The highest BCUT2D eigenvalue weighted by Gasteiger charge is 2.13. The Morgan fingerprint density at radius 3 is 2.60 bits per heavy atom. The SMILES string of the molecule is Cc1cc(C(C)C)nc(Sc2ccccc2C(=O)O)n1. The first-order valence-electron chi connectivity index (χ1n) is 6.33. The van der Waals surface area contributed by atoms with Crippen molar-refractivity contribution in [3.8, 4) is 0 Å². The topological polar surface area (TPSA) is 63.1 Å². The van der Waals surface area contributed by atoms with Crippen molar-refractivity contribution in [3.63, 3.8) is 0 Å². The molecule has 0 spiro atoms. The molecular formula is C15H16N2O2S. The monoisotopic (exact) mass is 288 g/mol. The molecule has 2 rings (SSSR count). The first-order valence-corrected chi connectivity index (χ1v) is 7.14. The van der Waals surface area contributed by atoms with Crippen LogP contribution in [0.15, 0.2) is 40.4 Å². The van der Waals surface area contributed by atoms with Gasteiger partial charge in [-0.2, -0.15) is 0 Å². The second-order valence-electron chi connectivity index (χ2n) is 4.77. The molecule has 0 bridgehead atoms. The largest absolute Gasteiger partial charge is 0.478 e. The Hall–Kier alpha value is -1.88. The van der Waals surface area contributed by atoms with Gasteiger partial charge >= 0.3 is 5.97 Å². The van der Waals surface area contributed by atoms with Crippen molar-refractivity contribution >= 4 is 17.7 Å². The third-order valence-electron chi connectivity index (χ3n) is 2.76. The predicted molar refractivity (Wildman–Crippen MR) is 78.4 cm³/mol. The molecule has 0 aliphatic carbocycles. The smallest absolute Gasteiger partial charge is 0.336 e. The van der Waals surface area contributed by atoms with E-state index in [1.54, 1.807) is 18.2 Å². The second kappa shape index (κ2) is 6.05. The zero-order valence-corrected chi connectivity index (χ0v) is 12.4. The number of benzene rings is 1. The van der Waals surface area contributed by atoms with Crippen LogP contribution in [0.1, 0.15) is 41.5 Å². The van der Waals surface area contributed by atoms with E-state index in [1.807, 2.05) is 19.1 Å². The normalized spacial score (nSPS) is 10.8. The third-order valence-corrected chi connectivity index (χ3v) is 3.70. The Labute approximate surface area is 122 Å². The minimum absolute atomic E-state index is 0.272. The number of hydrogen-bond acceptors (Lipinski definition) is 4. The molecule has 4 nitrogen and oxygen atoms in total. The van der Waals surface area contributed by atoms with Gasteiger partial charge in [0.2, 0.25) is 0 Å². The summed E-state index contributed by atoms with van der Waals surface area (Å²) < 4.78 is 0. The molecule has 1 heterocycles. The lowest BCUT2D eigenvalue weighted by Gasteiger charge is -2.09. The van der Waals surface area contributed by atoms with Crippen LogP contribution in [0, 0.1) is 6.92 Å². The molecule has 1 aromatic heterocycles. The molecule has 0 aliphatic rings. The van der Waals surface area contributed by atoms with Crippen molar-refractivity contribution in [2.75, 3.05) is 0 Å². The zero-order valence-electron chi connectivity index (χ0n) is 11.6. The van der Waals surface area contributed by atoms with Crippen molar-refractivity contribution < 1.29 is 9.90 Å². The molecule has 20 heavy (non-hydrogen) atoms. The highest BCUT2D eigenvalue weighted by Crippen LogP contribution is 2.29. The summed E-state index contributed by atoms with van der Waals surface area (Å²) in [6.45, 7) is 6.06. The first kappa shape index (κ1) is 14.5. The molecule has 0 aliphatic heterocycles. The molecule has 1 N–H and O–H groups in total. The van der Waals surface area contributed by atoms with Gasteiger partial charge in [0.25, 0.3) is 0 Å². The second-order valence-corrected chi connectivity index (χ2v) is 5.78. The fourth-order valence-electron chi connectivity index (χ4n) is 1.74. The van der Waals surface area contributed by atoms with Crippen LogP contribution >= 0.6 is 11.8 Å². The Morgan fingerprint density at radius 1 is 1.25 bits per heavy atom. The summed E-state index contributed by atoms with van der Waals surface area (Å²) in [5, 5.41) is 9.77. The average molecular weight is 288 g/mol. The van der Waals surface area contributed by atoms with Crippen LogP contribution in [0.4, 0.5) is 0 Å². The van der Waals surface area contributed by atoms with Crippen molar-refractivity contribution in [1.82, 2.24) is 9.97 Å². The van der Waals surface area contributed by atoms with E-state index in [0.717, 1.165) is 11.4 Å². The maximum Gasteiger partial charge on any atom is 0.336 e. The summed E-state index contributed by atoms with van der Waals surface area (Å²) in [6, 6.07) is 8.84. The minimum atomic E-state index is -0.940. The molecule has 0 atom stereocenters. The average Bonchev–Trinajstić information content (AvgIpc) is 2.38. The number of carboxylic acid groups (broad SMARTS) is 1. The highest BCUT2D eigenvalue weighted by molar-refractivity contribution is 7.99. The summed E-state index contributed by atoms with van der Waals surface area (Å²) in [6.07, 6.45) is 0. The molecule has 0 amide bonds. The lowest BCUT2D eigenvalue weighted by Crippen LogP contribution is -2.01. The van der Waals surface area contributed by atoms with Crippen LogP contribution in [-0.2, 0) is 0 Å². The van der Waals surface area contributed by atoms with E-state index < -0.39 is 5.97 Å². The Kier molecular flexibility index (Phi) is 4.39. The van der Waals surface area contributed by atoms with Gasteiger partial charge in [0, 0.05) is 16.3 Å². The van der Waals surface area contributed by atoms with Crippen LogP contribution in [0.3, 0.4) is 0 Å². The van der Waals surface area contributed by atoms with Crippen molar-refractivity contribution in [3.05, 3.63) is 47.3 Å². The molecular weight excluding hydrogens is 272 g/mol. The van der Waals surface area contributed by atoms with E-state index in [2.05, 4.69) is 23.8 Å². The number of aromatic carboxylic acids is 1. The molecule has 0 fully saturated rings. The molecule has 0 saturated carbocycles. The molecule has 0 unspecified atom stereocenters. The van der Waals surface area contributed by atoms with Gasteiger partial charge in [0.1, 0.15) is 0 Å². The fraction of sp³-hybridized carbons (Fsp3) is 0.267. The Bertz CT molecular complexity index is 642. The maximum absolute atomic E-state index is 11.2. The van der Waals surface area contributed by atoms with Crippen LogP contribution in [-0.4, -0.2) is 21.0 Å². The standard InChI is InChI=1S/C15H16N2O2S/c1-9(2)12-8-10(3)16-15(17-12)20-13-7-5-4-6-11(13)14(18)19/h4-9H,1-3H3,(H,18,19). The van der Waals surface area contributed by atoms with Gasteiger partial charge in [0.15, 0.2) is 5.16 Å². The van der Waals surface area contributed by atoms with Crippen LogP contribution < -0.4 is 0 Å². The molecule has 0 saturated heterocycles. The first-order chi connectivity index (χ1) is 9.47. The summed E-state index contributed by atoms with van der Waals surface area (Å²) >= 11 is 1.29. The van der Waals surface area contributed by atoms with E-state index in [9.17, 15) is 9.90 Å². The molecule has 5 heteroatoms. The van der Waals surface area contributed by atoms with Gasteiger partial charge in [-0.05, 0) is 42.8 Å². The fourth-order valence-corrected chi connectivity index (χ4v) is 2.69. The van der Waals surface area contributed by atoms with E-state index in [-0.39, 0.29) is 5.56 Å². The number of aryl methyl sites for hydroxylation is 1. The van der Waals surface area contributed by atoms with Gasteiger partial charge in [0.05, 0.1) is 5.56 Å². The van der Waals surface area contributed by atoms with Crippen LogP contribution in [0.5, 0.6) is 0 Å². The quantitative estimate of drug-likeness (QED) is 0.868. The van der Waals surface area contributed by atoms with E-state index in [4.69, 9.17) is 0 Å². The number of hydrogen-bond donors (Lipinski definition) is 1. The highest BCUT2D eigenvalue weighted by atomic mass is 32.2. The van der Waals surface area contributed by atoms with Crippen molar-refractivity contribution in [2.24, 2.45) is 0 Å². The number of rotatable bonds is 4.